The van der Waals surface area contributed by atoms with Crippen molar-refractivity contribution in [3.05, 3.63) is 71.8 Å². The fraction of sp³-hybridized carbons (Fsp3) is 0.423. The van der Waals surface area contributed by atoms with Gasteiger partial charge in [-0.2, -0.15) is 13.2 Å². The highest BCUT2D eigenvalue weighted by molar-refractivity contribution is 5.61. The molecule has 34 heavy (non-hydrogen) atoms. The second-order valence-corrected chi connectivity index (χ2v) is 8.55. The Labute approximate surface area is 198 Å². The summed E-state index contributed by atoms with van der Waals surface area (Å²) in [5, 5.41) is 3.47. The minimum atomic E-state index is -4.31. The lowest BCUT2D eigenvalue weighted by Gasteiger charge is -2.36. The largest absolute Gasteiger partial charge is 0.444 e. The van der Waals surface area contributed by atoms with Crippen molar-refractivity contribution in [1.29, 1.82) is 0 Å². The summed E-state index contributed by atoms with van der Waals surface area (Å²) in [7, 11) is 0. The number of hydrogen-bond donors (Lipinski definition) is 1. The predicted octanol–water partition coefficient (Wildman–Crippen LogP) is 5.22. The van der Waals surface area contributed by atoms with Crippen LogP contribution in [0.2, 0.25) is 0 Å². The van der Waals surface area contributed by atoms with Gasteiger partial charge in [0.2, 0.25) is 0 Å². The molecule has 2 heterocycles. The molecule has 1 aromatic heterocycles. The zero-order chi connectivity index (χ0) is 24.0. The summed E-state index contributed by atoms with van der Waals surface area (Å²) in [5.41, 5.74) is 1.98. The van der Waals surface area contributed by atoms with Crippen LogP contribution in [0.1, 0.15) is 30.6 Å². The van der Waals surface area contributed by atoms with E-state index in [-0.39, 0.29) is 0 Å². The van der Waals surface area contributed by atoms with Gasteiger partial charge in [0.25, 0.3) is 0 Å². The van der Waals surface area contributed by atoms with Crippen LogP contribution in [0, 0.1) is 0 Å². The molecule has 4 rings (SSSR count). The third-order valence-corrected chi connectivity index (χ3v) is 6.05. The molecule has 0 radical (unpaired) electrons. The zero-order valence-electron chi connectivity index (χ0n) is 19.4. The van der Waals surface area contributed by atoms with Crippen molar-refractivity contribution in [2.75, 3.05) is 44.2 Å². The number of nitrogens with zero attached hydrogens (tertiary/aromatic N) is 3. The van der Waals surface area contributed by atoms with Crippen LogP contribution in [-0.2, 0) is 19.1 Å². The molecule has 5 nitrogen and oxygen atoms in total. The van der Waals surface area contributed by atoms with Gasteiger partial charge in [-0.3, -0.25) is 4.90 Å². The highest BCUT2D eigenvalue weighted by Gasteiger charge is 2.31. The molecule has 0 saturated carbocycles. The molecule has 0 atom stereocenters. The number of benzene rings is 2. The quantitative estimate of drug-likeness (QED) is 0.433. The summed E-state index contributed by atoms with van der Waals surface area (Å²) in [4.78, 5) is 9.06. The van der Waals surface area contributed by atoms with Crippen LogP contribution in [-0.4, -0.2) is 49.2 Å². The van der Waals surface area contributed by atoms with Gasteiger partial charge in [-0.15, -0.1) is 0 Å². The summed E-state index contributed by atoms with van der Waals surface area (Å²) in [6, 6.07) is 15.7. The smallest absolute Gasteiger partial charge is 0.416 e. The van der Waals surface area contributed by atoms with Gasteiger partial charge >= 0.3 is 6.18 Å². The molecule has 2 aromatic carbocycles. The number of aromatic nitrogens is 1. The molecule has 0 unspecified atom stereocenters. The zero-order valence-corrected chi connectivity index (χ0v) is 19.4. The number of rotatable bonds is 9. The molecule has 0 spiro atoms. The maximum atomic E-state index is 13.0. The number of anilines is 1. The first-order valence-electron chi connectivity index (χ1n) is 11.8. The molecule has 0 aliphatic carbocycles. The van der Waals surface area contributed by atoms with Gasteiger partial charge in [0, 0.05) is 56.9 Å². The molecular formula is C26H31F3N4O. The van der Waals surface area contributed by atoms with E-state index in [1.807, 2.05) is 35.2 Å². The lowest BCUT2D eigenvalue weighted by molar-refractivity contribution is -0.137. The number of hydrogen-bond acceptors (Lipinski definition) is 5. The average molecular weight is 473 g/mol. The number of piperazine rings is 1. The number of halogens is 3. The Morgan fingerprint density at radius 1 is 1.00 bits per heavy atom. The van der Waals surface area contributed by atoms with E-state index in [2.05, 4.69) is 17.1 Å². The Bertz CT molecular complexity index is 1040. The van der Waals surface area contributed by atoms with E-state index in [0.717, 1.165) is 68.0 Å². The van der Waals surface area contributed by atoms with Crippen molar-refractivity contribution in [1.82, 2.24) is 15.2 Å². The van der Waals surface area contributed by atoms with Gasteiger partial charge in [-0.1, -0.05) is 43.3 Å². The number of oxazole rings is 1. The Kier molecular flexibility index (Phi) is 7.90. The Morgan fingerprint density at radius 2 is 1.76 bits per heavy atom. The second-order valence-electron chi connectivity index (χ2n) is 8.55. The maximum Gasteiger partial charge on any atom is 0.416 e. The van der Waals surface area contributed by atoms with Gasteiger partial charge in [0.15, 0.2) is 5.89 Å². The van der Waals surface area contributed by atoms with Crippen LogP contribution < -0.4 is 10.2 Å². The molecule has 1 aliphatic heterocycles. The lowest BCUT2D eigenvalue weighted by Crippen LogP contribution is -2.48. The Morgan fingerprint density at radius 3 is 2.47 bits per heavy atom. The standard InChI is InChI=1S/C26H31F3N4O/c1-2-7-24-31-25(20-8-4-3-5-9-20)23(34-24)19-30-12-13-32-14-16-33(17-15-32)22-11-6-10-21(18-22)26(27,28)29/h3-6,8-11,18,30H,2,7,12-17,19H2,1H3. The van der Waals surface area contributed by atoms with Crippen molar-refractivity contribution in [3.8, 4) is 11.3 Å². The molecule has 182 valence electrons. The van der Waals surface area contributed by atoms with Crippen molar-refractivity contribution in [3.63, 3.8) is 0 Å². The monoisotopic (exact) mass is 472 g/mol. The highest BCUT2D eigenvalue weighted by Crippen LogP contribution is 2.32. The first kappa shape index (κ1) is 24.3. The molecule has 8 heteroatoms. The van der Waals surface area contributed by atoms with Gasteiger partial charge in [-0.25, -0.2) is 4.98 Å². The topological polar surface area (TPSA) is 44.5 Å². The SMILES string of the molecule is CCCc1nc(-c2ccccc2)c(CNCCN2CCN(c3cccc(C(F)(F)F)c3)CC2)o1. The molecule has 3 aromatic rings. The maximum absolute atomic E-state index is 13.0. The molecule has 1 aliphatic rings. The van der Waals surface area contributed by atoms with Crippen LogP contribution >= 0.6 is 0 Å². The second kappa shape index (κ2) is 11.1. The van der Waals surface area contributed by atoms with Crippen molar-refractivity contribution >= 4 is 5.69 Å². The van der Waals surface area contributed by atoms with Crippen molar-refractivity contribution < 1.29 is 17.6 Å². The number of aryl methyl sites for hydroxylation is 1. The first-order valence-corrected chi connectivity index (χ1v) is 11.8. The van der Waals surface area contributed by atoms with Gasteiger partial charge in [0.05, 0.1) is 12.1 Å². The summed E-state index contributed by atoms with van der Waals surface area (Å²) in [6.07, 6.45) is -2.52. The van der Waals surface area contributed by atoms with Crippen LogP contribution in [0.5, 0.6) is 0 Å². The Balaban J connectivity index is 1.26. The lowest BCUT2D eigenvalue weighted by atomic mass is 10.1. The van der Waals surface area contributed by atoms with Crippen LogP contribution in [0.4, 0.5) is 18.9 Å². The molecule has 0 bridgehead atoms. The van der Waals surface area contributed by atoms with Gasteiger partial charge < -0.3 is 14.6 Å². The van der Waals surface area contributed by atoms with Crippen molar-refractivity contribution in [2.24, 2.45) is 0 Å². The van der Waals surface area contributed by atoms with E-state index < -0.39 is 11.7 Å². The first-order chi connectivity index (χ1) is 16.4. The molecule has 1 fully saturated rings. The van der Waals surface area contributed by atoms with Gasteiger partial charge in [-0.05, 0) is 24.6 Å². The van der Waals surface area contributed by atoms with E-state index >= 15 is 0 Å². The third kappa shape index (κ3) is 6.18. The summed E-state index contributed by atoms with van der Waals surface area (Å²) >= 11 is 0. The third-order valence-electron chi connectivity index (χ3n) is 6.05. The fourth-order valence-electron chi connectivity index (χ4n) is 4.21. The highest BCUT2D eigenvalue weighted by atomic mass is 19.4. The van der Waals surface area contributed by atoms with Crippen LogP contribution in [0.3, 0.4) is 0 Å². The van der Waals surface area contributed by atoms with Gasteiger partial charge in [0.1, 0.15) is 11.5 Å². The summed E-state index contributed by atoms with van der Waals surface area (Å²) < 4.78 is 45.1. The molecule has 1 saturated heterocycles. The predicted molar refractivity (Wildman–Crippen MR) is 128 cm³/mol. The summed E-state index contributed by atoms with van der Waals surface area (Å²) in [6.45, 7) is 7.42. The molecule has 1 N–H and O–H groups in total. The minimum Gasteiger partial charge on any atom is -0.444 e. The van der Waals surface area contributed by atoms with E-state index in [4.69, 9.17) is 9.40 Å². The van der Waals surface area contributed by atoms with E-state index in [9.17, 15) is 13.2 Å². The van der Waals surface area contributed by atoms with Crippen LogP contribution in [0.15, 0.2) is 59.0 Å². The number of nitrogens with one attached hydrogen (secondary N) is 1. The summed E-state index contributed by atoms with van der Waals surface area (Å²) in [5.74, 6) is 1.62. The van der Waals surface area contributed by atoms with E-state index in [1.165, 1.54) is 12.1 Å². The average Bonchev–Trinajstić information content (AvgIpc) is 3.25. The van der Waals surface area contributed by atoms with E-state index in [1.54, 1.807) is 6.07 Å². The number of alkyl halides is 3. The Hall–Kier alpha value is -2.84. The fourth-order valence-corrected chi connectivity index (χ4v) is 4.21. The molecular weight excluding hydrogens is 441 g/mol. The van der Waals surface area contributed by atoms with Crippen LogP contribution in [0.25, 0.3) is 11.3 Å². The van der Waals surface area contributed by atoms with E-state index in [0.29, 0.717) is 25.3 Å². The normalized spacial score (nSPS) is 15.1. The molecule has 0 amide bonds. The van der Waals surface area contributed by atoms with Crippen molar-refractivity contribution in [2.45, 2.75) is 32.5 Å². The minimum absolute atomic E-state index is 0.596.